The Morgan fingerprint density at radius 3 is 2.48 bits per heavy atom. The van der Waals surface area contributed by atoms with Crippen LogP contribution in [0.2, 0.25) is 0 Å². The third-order valence-corrected chi connectivity index (χ3v) is 7.74. The molecule has 1 amide bonds. The molecule has 0 aromatic heterocycles. The van der Waals surface area contributed by atoms with Gasteiger partial charge in [-0.05, 0) is 72.8 Å². The maximum absolute atomic E-state index is 13.6. The lowest BCUT2D eigenvalue weighted by Crippen LogP contribution is -2.51. The molecule has 2 aromatic carbocycles. The van der Waals surface area contributed by atoms with Gasteiger partial charge in [0.25, 0.3) is 0 Å². The van der Waals surface area contributed by atoms with Crippen molar-refractivity contribution in [3.8, 4) is 11.1 Å². The van der Waals surface area contributed by atoms with E-state index in [1.165, 1.54) is 24.8 Å². The van der Waals surface area contributed by atoms with Crippen molar-refractivity contribution in [2.24, 2.45) is 11.8 Å². The van der Waals surface area contributed by atoms with E-state index in [2.05, 4.69) is 36.5 Å². The summed E-state index contributed by atoms with van der Waals surface area (Å²) < 4.78 is 0. The highest BCUT2D eigenvalue weighted by Crippen LogP contribution is 2.49. The summed E-state index contributed by atoms with van der Waals surface area (Å²) in [5, 5.41) is 3.18. The first kappa shape index (κ1) is 18.6. The van der Waals surface area contributed by atoms with Crippen LogP contribution in [0.1, 0.15) is 61.1 Å². The Labute approximate surface area is 172 Å². The Balaban J connectivity index is 1.49. The first-order chi connectivity index (χ1) is 14.0. The van der Waals surface area contributed by atoms with E-state index >= 15 is 0 Å². The lowest BCUT2D eigenvalue weighted by molar-refractivity contribution is -0.126. The molecule has 29 heavy (non-hydrogen) atoms. The van der Waals surface area contributed by atoms with Crippen LogP contribution in [0.5, 0.6) is 0 Å². The number of ketones is 1. The van der Waals surface area contributed by atoms with Crippen molar-refractivity contribution in [1.29, 1.82) is 0 Å². The smallest absolute Gasteiger partial charge is 0.235 e. The lowest BCUT2D eigenvalue weighted by Gasteiger charge is -2.38. The summed E-state index contributed by atoms with van der Waals surface area (Å²) in [7, 11) is 0. The molecule has 3 heteroatoms. The van der Waals surface area contributed by atoms with Crippen LogP contribution in [0.15, 0.2) is 42.5 Å². The number of nitrogens with one attached hydrogen (secondary N) is 1. The van der Waals surface area contributed by atoms with Crippen molar-refractivity contribution in [2.45, 2.75) is 63.8 Å². The molecule has 2 aliphatic carbocycles. The number of Topliss-reactive ketones (excluding diaryl/α,β-unsaturated/α-hetero) is 1. The fraction of sp³-hybridized carbons (Fsp3) is 0.462. The highest BCUT2D eigenvalue weighted by Gasteiger charge is 2.56. The van der Waals surface area contributed by atoms with Crippen molar-refractivity contribution in [2.75, 3.05) is 0 Å². The van der Waals surface area contributed by atoms with Crippen molar-refractivity contribution in [1.82, 2.24) is 5.32 Å². The number of carbonyl (C=O) groups is 2. The molecule has 3 nitrogen and oxygen atoms in total. The third-order valence-electron chi connectivity index (χ3n) is 7.74. The van der Waals surface area contributed by atoms with E-state index in [1.807, 2.05) is 25.1 Å². The van der Waals surface area contributed by atoms with Gasteiger partial charge in [-0.3, -0.25) is 9.59 Å². The van der Waals surface area contributed by atoms with Crippen molar-refractivity contribution in [3.05, 3.63) is 59.2 Å². The second-order valence-electron chi connectivity index (χ2n) is 9.45. The Hall–Kier alpha value is -2.42. The minimum absolute atomic E-state index is 0.0959. The second-order valence-corrected chi connectivity index (χ2v) is 9.45. The van der Waals surface area contributed by atoms with Crippen LogP contribution >= 0.6 is 0 Å². The predicted octanol–water partition coefficient (Wildman–Crippen LogP) is 5.09. The predicted molar refractivity (Wildman–Crippen MR) is 115 cm³/mol. The molecule has 3 fully saturated rings. The molecule has 4 atom stereocenters. The maximum atomic E-state index is 13.6. The quantitative estimate of drug-likeness (QED) is 0.730. The van der Waals surface area contributed by atoms with Crippen LogP contribution in [0.4, 0.5) is 0 Å². The first-order valence-corrected chi connectivity index (χ1v) is 11.0. The Bertz CT molecular complexity index is 980. The van der Waals surface area contributed by atoms with Gasteiger partial charge in [-0.1, -0.05) is 61.7 Å². The summed E-state index contributed by atoms with van der Waals surface area (Å²) in [5.74, 6) is 0.731. The van der Waals surface area contributed by atoms with E-state index in [4.69, 9.17) is 0 Å². The van der Waals surface area contributed by atoms with Gasteiger partial charge in [-0.15, -0.1) is 0 Å². The van der Waals surface area contributed by atoms with E-state index in [-0.39, 0.29) is 11.7 Å². The molecule has 2 aromatic rings. The molecular formula is C26H29NO2. The minimum atomic E-state index is -0.656. The molecule has 3 aliphatic rings. The molecule has 4 unspecified atom stereocenters. The zero-order valence-corrected chi connectivity index (χ0v) is 17.3. The molecule has 2 saturated carbocycles. The monoisotopic (exact) mass is 387 g/mol. The lowest BCUT2D eigenvalue weighted by atomic mass is 9.68. The van der Waals surface area contributed by atoms with Crippen molar-refractivity contribution >= 4 is 11.7 Å². The number of rotatable bonds is 2. The van der Waals surface area contributed by atoms with Gasteiger partial charge in [0.1, 0.15) is 5.92 Å². The van der Waals surface area contributed by atoms with E-state index < -0.39 is 11.5 Å². The fourth-order valence-electron chi connectivity index (χ4n) is 6.21. The number of benzene rings is 2. The number of carbonyl (C=O) groups excluding carboxylic acids is 2. The highest BCUT2D eigenvalue weighted by molar-refractivity contribution is 6.17. The number of amides is 1. The molecular weight excluding hydrogens is 358 g/mol. The molecule has 1 saturated heterocycles. The van der Waals surface area contributed by atoms with Gasteiger partial charge < -0.3 is 5.32 Å². The van der Waals surface area contributed by atoms with Gasteiger partial charge in [0.2, 0.25) is 5.91 Å². The molecule has 1 aliphatic heterocycles. The van der Waals surface area contributed by atoms with E-state index in [0.29, 0.717) is 5.92 Å². The van der Waals surface area contributed by atoms with Gasteiger partial charge >= 0.3 is 0 Å². The van der Waals surface area contributed by atoms with Crippen molar-refractivity contribution in [3.63, 3.8) is 0 Å². The number of hydrogen-bond donors (Lipinski definition) is 1. The van der Waals surface area contributed by atoms with Gasteiger partial charge in [0, 0.05) is 0 Å². The summed E-state index contributed by atoms with van der Waals surface area (Å²) in [4.78, 5) is 26.7. The summed E-state index contributed by atoms with van der Waals surface area (Å²) in [6, 6.07) is 14.5. The van der Waals surface area contributed by atoms with Gasteiger partial charge in [-0.2, -0.15) is 0 Å². The van der Waals surface area contributed by atoms with Crippen LogP contribution in [0.25, 0.3) is 11.1 Å². The topological polar surface area (TPSA) is 46.2 Å². The standard InChI is InChI=1S/C26H29NO2/c1-16-14-22(17(2)13-21(16)19-7-4-3-5-8-19)23-24(28)26(27-25(23)29)12-11-18-9-6-10-20(18)15-26/h3-5,7-8,13-14,18,20,23H,6,9-12,15H2,1-2H3,(H,27,29). The number of aryl methyl sites for hydroxylation is 2. The first-order valence-electron chi connectivity index (χ1n) is 11.0. The van der Waals surface area contributed by atoms with Crippen LogP contribution in [-0.2, 0) is 9.59 Å². The highest BCUT2D eigenvalue weighted by atomic mass is 16.2. The Morgan fingerprint density at radius 2 is 1.69 bits per heavy atom. The van der Waals surface area contributed by atoms with E-state index in [1.54, 1.807) is 0 Å². The molecule has 1 heterocycles. The molecule has 0 radical (unpaired) electrons. The SMILES string of the molecule is Cc1cc(C2C(=O)NC3(CCC4CCCC4C3)C2=O)c(C)cc1-c1ccccc1. The summed E-state index contributed by atoms with van der Waals surface area (Å²) in [6.07, 6.45) is 6.52. The largest absolute Gasteiger partial charge is 0.343 e. The third kappa shape index (κ3) is 2.94. The van der Waals surface area contributed by atoms with Crippen LogP contribution in [0.3, 0.4) is 0 Å². The zero-order valence-electron chi connectivity index (χ0n) is 17.3. The van der Waals surface area contributed by atoms with Crippen molar-refractivity contribution < 1.29 is 9.59 Å². The minimum Gasteiger partial charge on any atom is -0.343 e. The number of hydrogen-bond acceptors (Lipinski definition) is 2. The Morgan fingerprint density at radius 1 is 0.931 bits per heavy atom. The van der Waals surface area contributed by atoms with Gasteiger partial charge in [-0.25, -0.2) is 0 Å². The average molecular weight is 388 g/mol. The van der Waals surface area contributed by atoms with Crippen LogP contribution in [0, 0.1) is 25.7 Å². The van der Waals surface area contributed by atoms with Gasteiger partial charge in [0.15, 0.2) is 5.78 Å². The summed E-state index contributed by atoms with van der Waals surface area (Å²) in [5.41, 5.74) is 4.73. The number of fused-ring (bicyclic) bond motifs is 1. The zero-order chi connectivity index (χ0) is 20.2. The molecule has 1 N–H and O–H groups in total. The fourth-order valence-corrected chi connectivity index (χ4v) is 6.21. The molecule has 150 valence electrons. The van der Waals surface area contributed by atoms with E-state index in [0.717, 1.165) is 47.4 Å². The molecule has 0 bridgehead atoms. The van der Waals surface area contributed by atoms with Crippen LogP contribution in [-0.4, -0.2) is 17.2 Å². The maximum Gasteiger partial charge on any atom is 0.235 e. The average Bonchev–Trinajstić information content (AvgIpc) is 3.27. The second kappa shape index (κ2) is 6.83. The summed E-state index contributed by atoms with van der Waals surface area (Å²) >= 11 is 0. The molecule has 5 rings (SSSR count). The van der Waals surface area contributed by atoms with E-state index in [9.17, 15) is 9.59 Å². The van der Waals surface area contributed by atoms with Gasteiger partial charge in [0.05, 0.1) is 5.54 Å². The normalized spacial score (nSPS) is 31.2. The van der Waals surface area contributed by atoms with Crippen LogP contribution < -0.4 is 5.32 Å². The summed E-state index contributed by atoms with van der Waals surface area (Å²) in [6.45, 7) is 4.10. The molecule has 1 spiro atoms. The Kier molecular flexibility index (Phi) is 4.38.